The first-order valence-corrected chi connectivity index (χ1v) is 9.91. The first kappa shape index (κ1) is 22.4. The van der Waals surface area contributed by atoms with Crippen molar-refractivity contribution < 1.29 is 0 Å². The van der Waals surface area contributed by atoms with E-state index in [2.05, 4.69) is 39.7 Å². The van der Waals surface area contributed by atoms with Crippen molar-refractivity contribution in [1.82, 2.24) is 25.2 Å². The zero-order valence-electron chi connectivity index (χ0n) is 16.8. The molecule has 0 radical (unpaired) electrons. The van der Waals surface area contributed by atoms with Crippen LogP contribution in [-0.2, 0) is 6.54 Å². The zero-order chi connectivity index (χ0) is 18.9. The summed E-state index contributed by atoms with van der Waals surface area (Å²) in [5.74, 6) is 2.67. The van der Waals surface area contributed by atoms with E-state index in [1.54, 1.807) is 11.8 Å². The first-order valence-electron chi connectivity index (χ1n) is 9.91. The molecular formula is C21H31IN6. The SMILES string of the molecule is CCNC(=NCc1ccc(-n2ccnc2C)nc1)NCCC1=CCCCC1.I. The lowest BCUT2D eigenvalue weighted by atomic mass is 9.97. The van der Waals surface area contributed by atoms with Crippen LogP contribution >= 0.6 is 24.0 Å². The van der Waals surface area contributed by atoms with Gasteiger partial charge in [-0.15, -0.1) is 24.0 Å². The van der Waals surface area contributed by atoms with Gasteiger partial charge in [-0.2, -0.15) is 0 Å². The number of aliphatic imine (C=N–C) groups is 1. The Bertz CT molecular complexity index is 778. The van der Waals surface area contributed by atoms with Crippen molar-refractivity contribution >= 4 is 29.9 Å². The molecule has 0 amide bonds. The molecule has 152 valence electrons. The van der Waals surface area contributed by atoms with Crippen LogP contribution in [0.2, 0.25) is 0 Å². The standard InChI is InChI=1S/C21H30N6.HI/c1-3-22-21(24-12-11-18-7-5-4-6-8-18)26-16-19-9-10-20(25-15-19)27-14-13-23-17(27)2;/h7,9-10,13-15H,3-6,8,11-12,16H2,1-2H3,(H2,22,24,26);1H. The van der Waals surface area contributed by atoms with Crippen molar-refractivity contribution in [2.24, 2.45) is 4.99 Å². The highest BCUT2D eigenvalue weighted by atomic mass is 127. The van der Waals surface area contributed by atoms with Crippen LogP contribution in [-0.4, -0.2) is 33.6 Å². The van der Waals surface area contributed by atoms with E-state index >= 15 is 0 Å². The molecule has 0 saturated heterocycles. The average molecular weight is 494 g/mol. The molecule has 3 rings (SSSR count). The number of hydrogen-bond acceptors (Lipinski definition) is 3. The van der Waals surface area contributed by atoms with E-state index < -0.39 is 0 Å². The molecule has 6 nitrogen and oxygen atoms in total. The molecule has 0 aliphatic heterocycles. The zero-order valence-corrected chi connectivity index (χ0v) is 19.1. The summed E-state index contributed by atoms with van der Waals surface area (Å²) in [5.41, 5.74) is 2.67. The van der Waals surface area contributed by atoms with E-state index in [0.717, 1.165) is 42.7 Å². The molecule has 7 heteroatoms. The second kappa shape index (κ2) is 11.8. The van der Waals surface area contributed by atoms with E-state index in [1.807, 2.05) is 30.0 Å². The van der Waals surface area contributed by atoms with E-state index in [-0.39, 0.29) is 24.0 Å². The Hall–Kier alpha value is -1.90. The fourth-order valence-corrected chi connectivity index (χ4v) is 3.26. The summed E-state index contributed by atoms with van der Waals surface area (Å²) in [7, 11) is 0. The van der Waals surface area contributed by atoms with Gasteiger partial charge in [0.2, 0.25) is 0 Å². The number of hydrogen-bond donors (Lipinski definition) is 2. The summed E-state index contributed by atoms with van der Waals surface area (Å²) < 4.78 is 1.97. The second-order valence-electron chi connectivity index (χ2n) is 6.85. The number of guanidine groups is 1. The van der Waals surface area contributed by atoms with Gasteiger partial charge in [0.25, 0.3) is 0 Å². The Morgan fingerprint density at radius 3 is 2.75 bits per heavy atom. The smallest absolute Gasteiger partial charge is 0.191 e. The molecule has 0 atom stereocenters. The third kappa shape index (κ3) is 6.61. The van der Waals surface area contributed by atoms with Crippen LogP contribution < -0.4 is 10.6 Å². The molecule has 2 aromatic heterocycles. The number of pyridine rings is 1. The number of aromatic nitrogens is 3. The molecule has 1 aliphatic rings. The Labute approximate surface area is 185 Å². The average Bonchev–Trinajstić information content (AvgIpc) is 3.13. The second-order valence-corrected chi connectivity index (χ2v) is 6.85. The molecule has 2 aromatic rings. The van der Waals surface area contributed by atoms with Gasteiger partial charge in [0.15, 0.2) is 5.96 Å². The maximum atomic E-state index is 4.69. The van der Waals surface area contributed by atoms with Crippen LogP contribution in [0.1, 0.15) is 50.4 Å². The molecule has 0 unspecified atom stereocenters. The van der Waals surface area contributed by atoms with Crippen LogP contribution in [0.25, 0.3) is 5.82 Å². The summed E-state index contributed by atoms with van der Waals surface area (Å²) in [6.45, 7) is 6.44. The van der Waals surface area contributed by atoms with Gasteiger partial charge >= 0.3 is 0 Å². The number of nitrogens with one attached hydrogen (secondary N) is 2. The lowest BCUT2D eigenvalue weighted by Gasteiger charge is -2.15. The minimum absolute atomic E-state index is 0. The normalized spacial score (nSPS) is 14.2. The lowest BCUT2D eigenvalue weighted by molar-refractivity contribution is 0.665. The van der Waals surface area contributed by atoms with Crippen LogP contribution in [0.3, 0.4) is 0 Å². The van der Waals surface area contributed by atoms with Crippen LogP contribution in [0.4, 0.5) is 0 Å². The largest absolute Gasteiger partial charge is 0.357 e. The molecule has 28 heavy (non-hydrogen) atoms. The van der Waals surface area contributed by atoms with Crippen molar-refractivity contribution in [1.29, 1.82) is 0 Å². The van der Waals surface area contributed by atoms with Crippen molar-refractivity contribution in [3.05, 3.63) is 53.8 Å². The topological polar surface area (TPSA) is 67.1 Å². The maximum Gasteiger partial charge on any atom is 0.191 e. The highest BCUT2D eigenvalue weighted by Gasteiger charge is 2.05. The van der Waals surface area contributed by atoms with E-state index in [1.165, 1.54) is 25.7 Å². The Balaban J connectivity index is 0.00000280. The van der Waals surface area contributed by atoms with Gasteiger partial charge < -0.3 is 10.6 Å². The molecule has 1 aliphatic carbocycles. The number of rotatable bonds is 7. The number of halogens is 1. The minimum Gasteiger partial charge on any atom is -0.357 e. The van der Waals surface area contributed by atoms with E-state index in [4.69, 9.17) is 4.99 Å². The third-order valence-electron chi connectivity index (χ3n) is 4.77. The van der Waals surface area contributed by atoms with E-state index in [9.17, 15) is 0 Å². The highest BCUT2D eigenvalue weighted by Crippen LogP contribution is 2.19. The Morgan fingerprint density at radius 2 is 2.11 bits per heavy atom. The van der Waals surface area contributed by atoms with Gasteiger partial charge in [0, 0.05) is 31.7 Å². The fourth-order valence-electron chi connectivity index (χ4n) is 3.26. The van der Waals surface area contributed by atoms with Gasteiger partial charge in [-0.1, -0.05) is 17.7 Å². The number of aryl methyl sites for hydroxylation is 1. The Kier molecular flexibility index (Phi) is 9.46. The van der Waals surface area contributed by atoms with Gasteiger partial charge in [-0.25, -0.2) is 15.0 Å². The third-order valence-corrected chi connectivity index (χ3v) is 4.77. The van der Waals surface area contributed by atoms with Crippen molar-refractivity contribution in [2.75, 3.05) is 13.1 Å². The molecule has 0 aromatic carbocycles. The molecule has 2 heterocycles. The minimum atomic E-state index is 0. The quantitative estimate of drug-likeness (QED) is 0.263. The maximum absolute atomic E-state index is 4.69. The van der Waals surface area contributed by atoms with Crippen molar-refractivity contribution in [2.45, 2.75) is 52.5 Å². The van der Waals surface area contributed by atoms with Gasteiger partial charge in [-0.3, -0.25) is 4.57 Å². The summed E-state index contributed by atoms with van der Waals surface area (Å²) in [6, 6.07) is 4.08. The molecule has 2 N–H and O–H groups in total. The molecule has 0 spiro atoms. The van der Waals surface area contributed by atoms with Crippen molar-refractivity contribution in [3.63, 3.8) is 0 Å². The van der Waals surface area contributed by atoms with Gasteiger partial charge in [-0.05, 0) is 57.6 Å². The number of imidazole rings is 1. The predicted molar refractivity (Wildman–Crippen MR) is 125 cm³/mol. The van der Waals surface area contributed by atoms with Gasteiger partial charge in [0.1, 0.15) is 11.6 Å². The Morgan fingerprint density at radius 1 is 1.21 bits per heavy atom. The van der Waals surface area contributed by atoms with Crippen LogP contribution in [0.15, 0.2) is 47.4 Å². The van der Waals surface area contributed by atoms with Gasteiger partial charge in [0.05, 0.1) is 6.54 Å². The lowest BCUT2D eigenvalue weighted by Crippen LogP contribution is -2.37. The highest BCUT2D eigenvalue weighted by molar-refractivity contribution is 14.0. The summed E-state index contributed by atoms with van der Waals surface area (Å²) in [5, 5.41) is 6.76. The number of nitrogens with zero attached hydrogens (tertiary/aromatic N) is 4. The van der Waals surface area contributed by atoms with E-state index in [0.29, 0.717) is 6.54 Å². The van der Waals surface area contributed by atoms with Crippen molar-refractivity contribution in [3.8, 4) is 5.82 Å². The van der Waals surface area contributed by atoms with Crippen LogP contribution in [0.5, 0.6) is 0 Å². The number of allylic oxidation sites excluding steroid dienone is 1. The summed E-state index contributed by atoms with van der Waals surface area (Å²) >= 11 is 0. The predicted octanol–water partition coefficient (Wildman–Crippen LogP) is 4.14. The molecular weight excluding hydrogens is 463 g/mol. The first-order chi connectivity index (χ1) is 13.3. The fraction of sp³-hybridized carbons (Fsp3) is 0.476. The monoisotopic (exact) mass is 494 g/mol. The van der Waals surface area contributed by atoms with Crippen LogP contribution in [0, 0.1) is 6.92 Å². The summed E-state index contributed by atoms with van der Waals surface area (Å²) in [4.78, 5) is 13.5. The summed E-state index contributed by atoms with van der Waals surface area (Å²) in [6.07, 6.45) is 14.3. The molecule has 0 saturated carbocycles. The molecule has 0 bridgehead atoms. The molecule has 0 fully saturated rings.